The van der Waals surface area contributed by atoms with Crippen molar-refractivity contribution in [2.24, 2.45) is 5.92 Å². The van der Waals surface area contributed by atoms with Crippen LogP contribution in [-0.2, 0) is 20.9 Å². The minimum Gasteiger partial charge on any atom is -0.507 e. The molecule has 1 aliphatic heterocycles. The fraction of sp³-hybridized carbons (Fsp3) is 0.462. The van der Waals surface area contributed by atoms with Crippen LogP contribution in [-0.4, -0.2) is 88.2 Å². The second kappa shape index (κ2) is 24.2. The van der Waals surface area contributed by atoms with E-state index in [1.807, 2.05) is 73.6 Å². The van der Waals surface area contributed by atoms with Crippen molar-refractivity contribution in [3.05, 3.63) is 101 Å². The summed E-state index contributed by atoms with van der Waals surface area (Å²) in [5.74, 6) is -0.844. The van der Waals surface area contributed by atoms with Crippen LogP contribution in [0.2, 0.25) is 0 Å². The quantitative estimate of drug-likeness (QED) is 0.0359. The van der Waals surface area contributed by atoms with Crippen LogP contribution < -0.4 is 16.4 Å². The fourth-order valence-corrected chi connectivity index (χ4v) is 9.90. The molecule has 0 bridgehead atoms. The largest absolute Gasteiger partial charge is 0.507 e. The minimum absolute atomic E-state index is 0.0178. The third-order valence-electron chi connectivity index (χ3n) is 12.9. The van der Waals surface area contributed by atoms with E-state index < -0.39 is 30.0 Å². The first-order valence-corrected chi connectivity index (χ1v) is 25.2. The van der Waals surface area contributed by atoms with Crippen LogP contribution in [0.4, 0.5) is 5.82 Å². The van der Waals surface area contributed by atoms with E-state index >= 15 is 0 Å². The summed E-state index contributed by atoms with van der Waals surface area (Å²) in [6, 6.07) is 16.8. The number of likely N-dealkylation sites (tertiary alicyclic amines) is 1. The summed E-state index contributed by atoms with van der Waals surface area (Å²) in [4.78, 5) is 48.5. The number of thiazole rings is 1. The number of nitrogens with zero attached hydrogens (tertiary/aromatic N) is 7. The Morgan fingerprint density at radius 1 is 0.899 bits per heavy atom. The maximum atomic E-state index is 14.1. The molecule has 16 nitrogen and oxygen atoms in total. The molecule has 7 rings (SSSR count). The predicted molar refractivity (Wildman–Crippen MR) is 267 cm³/mol. The molecule has 1 fully saturated rings. The van der Waals surface area contributed by atoms with Gasteiger partial charge in [-0.05, 0) is 61.9 Å². The summed E-state index contributed by atoms with van der Waals surface area (Å²) in [6.07, 6.45) is 14.0. The second-order valence-corrected chi connectivity index (χ2v) is 19.4. The molecule has 1 aliphatic rings. The van der Waals surface area contributed by atoms with Gasteiger partial charge in [0.2, 0.25) is 17.7 Å². The normalized spacial score (nSPS) is 15.7. The van der Waals surface area contributed by atoms with Crippen molar-refractivity contribution < 1.29 is 29.1 Å². The Labute approximate surface area is 408 Å². The molecule has 1 saturated heterocycles. The number of aliphatic hydroxyl groups excluding tert-OH is 1. The zero-order valence-corrected chi connectivity index (χ0v) is 41.0. The van der Waals surface area contributed by atoms with Crippen LogP contribution in [0.3, 0.4) is 0 Å². The molecule has 6 N–H and O–H groups in total. The molecule has 0 aliphatic carbocycles. The number of hydrogen-bond donors (Lipinski definition) is 5. The number of carbonyl (C=O) groups excluding carboxylic acids is 3. The second-order valence-electron chi connectivity index (χ2n) is 18.6. The maximum absolute atomic E-state index is 14.1. The number of aromatic nitrogens is 6. The van der Waals surface area contributed by atoms with Gasteiger partial charge in [-0.1, -0.05) is 107 Å². The van der Waals surface area contributed by atoms with E-state index in [1.165, 1.54) is 30.6 Å². The number of aliphatic hydroxyl groups is 1. The van der Waals surface area contributed by atoms with Crippen molar-refractivity contribution in [1.29, 1.82) is 0 Å². The van der Waals surface area contributed by atoms with Crippen molar-refractivity contribution >= 4 is 34.9 Å². The Morgan fingerprint density at radius 3 is 2.28 bits per heavy atom. The first-order valence-electron chi connectivity index (χ1n) is 24.3. The molecule has 17 heteroatoms. The van der Waals surface area contributed by atoms with Crippen molar-refractivity contribution in [1.82, 2.24) is 45.7 Å². The lowest BCUT2D eigenvalue weighted by atomic mass is 9.91. The molecular formula is C52H66N10O6S. The minimum atomic E-state index is -0.920. The lowest BCUT2D eigenvalue weighted by Crippen LogP contribution is -2.49. The monoisotopic (exact) mass is 958 g/mol. The SMILES string of the molecule is Cc1cc([C@H](C(=O)N2C[C@H](O)C[C@H]2C(=O)N[C@@H](CC(=O)NCCCCCCCCCCCCn2cc(-c3cc(-c4ccccc4O)nnc3N)cn2)c2ccc(-c3scnc3C)cc2)C(C)C)on1. The van der Waals surface area contributed by atoms with E-state index in [4.69, 9.17) is 10.3 Å². The number of phenolic OH excluding ortho intramolecular Hbond substituents is 1. The number of nitrogens with two attached hydrogens (primary N) is 1. The molecule has 6 aromatic rings. The van der Waals surface area contributed by atoms with Crippen LogP contribution in [0.25, 0.3) is 32.8 Å². The third-order valence-corrected chi connectivity index (χ3v) is 13.8. The summed E-state index contributed by atoms with van der Waals surface area (Å²) < 4.78 is 7.44. The maximum Gasteiger partial charge on any atom is 0.243 e. The summed E-state index contributed by atoms with van der Waals surface area (Å²) in [7, 11) is 0. The fourth-order valence-electron chi connectivity index (χ4n) is 9.09. The smallest absolute Gasteiger partial charge is 0.243 e. The number of rotatable bonds is 24. The number of hydrogen-bond acceptors (Lipinski definition) is 13. The highest BCUT2D eigenvalue weighted by atomic mass is 32.1. The van der Waals surface area contributed by atoms with Crippen LogP contribution in [0, 0.1) is 19.8 Å². The van der Waals surface area contributed by atoms with Gasteiger partial charge in [0.05, 0.1) is 52.2 Å². The van der Waals surface area contributed by atoms with Crippen LogP contribution >= 0.6 is 11.3 Å². The highest BCUT2D eigenvalue weighted by molar-refractivity contribution is 7.13. The molecule has 5 heterocycles. The number of anilines is 1. The van der Waals surface area contributed by atoms with E-state index in [9.17, 15) is 24.6 Å². The lowest BCUT2D eigenvalue weighted by Gasteiger charge is -2.30. The number of benzene rings is 2. The van der Waals surface area contributed by atoms with Crippen LogP contribution in [0.1, 0.15) is 126 Å². The zero-order chi connectivity index (χ0) is 48.9. The van der Waals surface area contributed by atoms with E-state index in [0.717, 1.165) is 77.9 Å². The average molecular weight is 959 g/mol. The van der Waals surface area contributed by atoms with Gasteiger partial charge in [-0.15, -0.1) is 21.5 Å². The molecule has 0 unspecified atom stereocenters. The molecule has 4 aromatic heterocycles. The van der Waals surface area contributed by atoms with Crippen LogP contribution in [0.15, 0.2) is 83.1 Å². The molecule has 0 radical (unpaired) electrons. The van der Waals surface area contributed by atoms with Gasteiger partial charge in [-0.3, -0.25) is 19.1 Å². The number of aryl methyl sites for hydroxylation is 3. The summed E-state index contributed by atoms with van der Waals surface area (Å²) in [5.41, 5.74) is 14.1. The molecule has 2 aromatic carbocycles. The molecule has 4 atom stereocenters. The summed E-state index contributed by atoms with van der Waals surface area (Å²) in [6.45, 7) is 8.96. The standard InChI is InChI=1S/C52H66N10O6S/c1-33(2)48(46-25-34(3)60-68-46)52(67)62-31-39(63)26-44(62)51(66)57-42(36-19-21-37(22-20-36)49-35(4)55-32-69-49)28-47(65)54-23-15-11-9-7-5-6-8-10-12-16-24-61-30-38(29-56-61)41-27-43(58-59-50(41)53)40-17-13-14-18-45(40)64/h13-14,17-22,25,27,29-30,32-33,39,42,44,48,63-64H,5-12,15-16,23-24,26,28,31H2,1-4H3,(H2,53,59)(H,54,65)(H,57,66)/t39-,42+,44+,48-/m1/s1. The highest BCUT2D eigenvalue weighted by Crippen LogP contribution is 2.34. The van der Waals surface area contributed by atoms with Crippen LogP contribution in [0.5, 0.6) is 5.75 Å². The Balaban J connectivity index is 0.818. The predicted octanol–water partition coefficient (Wildman–Crippen LogP) is 8.69. The number of nitrogen functional groups attached to an aromatic ring is 1. The van der Waals surface area contributed by atoms with Gasteiger partial charge >= 0.3 is 0 Å². The molecule has 0 saturated carbocycles. The van der Waals surface area contributed by atoms with Gasteiger partial charge in [0.15, 0.2) is 5.82 Å². The lowest BCUT2D eigenvalue weighted by molar-refractivity contribution is -0.141. The van der Waals surface area contributed by atoms with Gasteiger partial charge in [0.1, 0.15) is 23.5 Å². The highest BCUT2D eigenvalue weighted by Gasteiger charge is 2.43. The van der Waals surface area contributed by atoms with E-state index in [2.05, 4.69) is 36.1 Å². The van der Waals surface area contributed by atoms with E-state index in [1.54, 1.807) is 48.7 Å². The number of carbonyl (C=O) groups is 3. The summed E-state index contributed by atoms with van der Waals surface area (Å²) in [5, 5.41) is 44.0. The third kappa shape index (κ3) is 13.4. The van der Waals surface area contributed by atoms with E-state index in [-0.39, 0.29) is 42.9 Å². The van der Waals surface area contributed by atoms with E-state index in [0.29, 0.717) is 35.1 Å². The van der Waals surface area contributed by atoms with Gasteiger partial charge in [0.25, 0.3) is 0 Å². The number of phenols is 1. The van der Waals surface area contributed by atoms with Crippen molar-refractivity contribution in [2.45, 2.75) is 135 Å². The molecule has 3 amide bonds. The number of aromatic hydroxyl groups is 1. The topological polar surface area (TPSA) is 228 Å². The number of para-hydroxylation sites is 1. The van der Waals surface area contributed by atoms with Crippen molar-refractivity contribution in [2.75, 3.05) is 18.8 Å². The Bertz CT molecular complexity index is 2630. The Morgan fingerprint density at radius 2 is 1.61 bits per heavy atom. The Hall–Kier alpha value is -6.46. The molecular weight excluding hydrogens is 893 g/mol. The summed E-state index contributed by atoms with van der Waals surface area (Å²) >= 11 is 1.55. The van der Waals surface area contributed by atoms with Crippen molar-refractivity contribution in [3.63, 3.8) is 0 Å². The molecule has 0 spiro atoms. The van der Waals surface area contributed by atoms with Crippen molar-refractivity contribution in [3.8, 4) is 38.6 Å². The number of β-amino-alcohol motifs (C(OH)–C–C–N with tert-alkyl or cyclic N) is 1. The number of nitrogens with one attached hydrogen (secondary N) is 2. The van der Waals surface area contributed by atoms with Gasteiger partial charge in [-0.2, -0.15) is 5.10 Å². The first-order chi connectivity index (χ1) is 33.4. The first kappa shape index (κ1) is 50.4. The van der Waals surface area contributed by atoms with Gasteiger partial charge < -0.3 is 36.0 Å². The van der Waals surface area contributed by atoms with Gasteiger partial charge in [0, 0.05) is 55.0 Å². The number of unbranched alkanes of at least 4 members (excludes halogenated alkanes) is 9. The van der Waals surface area contributed by atoms with Gasteiger partial charge in [-0.25, -0.2) is 4.98 Å². The molecule has 366 valence electrons. The average Bonchev–Trinajstić information content (AvgIpc) is 4.16. The number of amides is 3. The zero-order valence-electron chi connectivity index (χ0n) is 40.1. The Kier molecular flexibility index (Phi) is 17.7. The molecule has 69 heavy (non-hydrogen) atoms.